The molecule has 1 atom stereocenters. The number of alkyl halides is 7. The molecule has 1 aromatic rings. The van der Waals surface area contributed by atoms with Gasteiger partial charge in [0.2, 0.25) is 5.88 Å². The third kappa shape index (κ3) is 4.54. The summed E-state index contributed by atoms with van der Waals surface area (Å²) in [7, 11) is 1.02. The SMILES string of the molecule is Cn1nc(C(F)(F)F)c(CSC2=NOC(C)(C)[C@H]2F)c1OCC(F)(F)F. The molecule has 0 spiro atoms. The van der Waals surface area contributed by atoms with Gasteiger partial charge < -0.3 is 9.57 Å². The fraction of sp³-hybridized carbons (Fsp3) is 0.692. The molecule has 13 heteroatoms. The molecule has 26 heavy (non-hydrogen) atoms. The number of oxime groups is 1. The summed E-state index contributed by atoms with van der Waals surface area (Å²) >= 11 is 0.574. The highest BCUT2D eigenvalue weighted by molar-refractivity contribution is 8.13. The zero-order valence-corrected chi connectivity index (χ0v) is 14.5. The van der Waals surface area contributed by atoms with Crippen molar-refractivity contribution in [2.24, 2.45) is 12.2 Å². The molecular formula is C13H14F7N3O2S. The third-order valence-corrected chi connectivity index (χ3v) is 4.30. The second-order valence-electron chi connectivity index (χ2n) is 5.93. The van der Waals surface area contributed by atoms with Gasteiger partial charge in [0.05, 0.1) is 5.56 Å². The Balaban J connectivity index is 2.27. The van der Waals surface area contributed by atoms with E-state index in [1.54, 1.807) is 0 Å². The first-order valence-electron chi connectivity index (χ1n) is 7.08. The Morgan fingerprint density at radius 1 is 1.23 bits per heavy atom. The van der Waals surface area contributed by atoms with Crippen molar-refractivity contribution in [1.29, 1.82) is 0 Å². The summed E-state index contributed by atoms with van der Waals surface area (Å²) in [4.78, 5) is 4.85. The van der Waals surface area contributed by atoms with Crippen molar-refractivity contribution in [3.63, 3.8) is 0 Å². The second kappa shape index (κ2) is 6.82. The lowest BCUT2D eigenvalue weighted by molar-refractivity contribution is -0.154. The van der Waals surface area contributed by atoms with E-state index in [1.807, 2.05) is 0 Å². The summed E-state index contributed by atoms with van der Waals surface area (Å²) in [6.45, 7) is 1.01. The van der Waals surface area contributed by atoms with E-state index < -0.39 is 53.6 Å². The molecular weight excluding hydrogens is 395 g/mol. The molecule has 1 aromatic heterocycles. The van der Waals surface area contributed by atoms with Gasteiger partial charge in [-0.05, 0) is 13.8 Å². The van der Waals surface area contributed by atoms with E-state index in [1.165, 1.54) is 13.8 Å². The van der Waals surface area contributed by atoms with Crippen LogP contribution in [0.25, 0.3) is 0 Å². The standard InChI is InChI=1S/C13H14F7N3O2S/c1-11(2)7(14)9(22-25-11)26-4-6-8(13(18,19)20)21-23(3)10(6)24-5-12(15,16)17/h7H,4-5H2,1-3H3/t7-/m0/s1. The van der Waals surface area contributed by atoms with Crippen LogP contribution >= 0.6 is 11.8 Å². The van der Waals surface area contributed by atoms with Gasteiger partial charge in [-0.25, -0.2) is 9.07 Å². The third-order valence-electron chi connectivity index (χ3n) is 3.29. The zero-order valence-electron chi connectivity index (χ0n) is 13.7. The van der Waals surface area contributed by atoms with Crippen LogP contribution in [0.4, 0.5) is 30.7 Å². The maximum Gasteiger partial charge on any atom is 0.435 e. The van der Waals surface area contributed by atoms with Gasteiger partial charge in [-0.2, -0.15) is 31.4 Å². The molecule has 148 valence electrons. The van der Waals surface area contributed by atoms with Crippen molar-refractivity contribution in [2.75, 3.05) is 6.61 Å². The molecule has 0 aromatic carbocycles. The fourth-order valence-electron chi connectivity index (χ4n) is 2.04. The number of thioether (sulfide) groups is 1. The highest BCUT2D eigenvalue weighted by Gasteiger charge is 2.44. The zero-order chi connectivity index (χ0) is 19.9. The molecule has 0 saturated heterocycles. The van der Waals surface area contributed by atoms with E-state index in [4.69, 9.17) is 4.84 Å². The van der Waals surface area contributed by atoms with Crippen LogP contribution < -0.4 is 4.74 Å². The normalized spacial score (nSPS) is 20.1. The van der Waals surface area contributed by atoms with Gasteiger partial charge in [-0.15, -0.1) is 0 Å². The smallest absolute Gasteiger partial charge is 0.435 e. The molecule has 5 nitrogen and oxygen atoms in total. The summed E-state index contributed by atoms with van der Waals surface area (Å²) in [6, 6.07) is 0. The van der Waals surface area contributed by atoms with Gasteiger partial charge in [0.1, 0.15) is 0 Å². The van der Waals surface area contributed by atoms with Crippen molar-refractivity contribution in [1.82, 2.24) is 9.78 Å². The first-order valence-corrected chi connectivity index (χ1v) is 8.06. The number of hydrogen-bond acceptors (Lipinski definition) is 5. The Morgan fingerprint density at radius 2 is 1.85 bits per heavy atom. The number of aryl methyl sites for hydroxylation is 1. The first-order chi connectivity index (χ1) is 11.7. The summed E-state index contributed by atoms with van der Waals surface area (Å²) in [5.74, 6) is -1.24. The van der Waals surface area contributed by atoms with Crippen molar-refractivity contribution in [3.8, 4) is 5.88 Å². The van der Waals surface area contributed by atoms with Crippen LogP contribution in [0, 0.1) is 0 Å². The number of ether oxygens (including phenoxy) is 1. The van der Waals surface area contributed by atoms with E-state index in [9.17, 15) is 30.7 Å². The van der Waals surface area contributed by atoms with Crippen LogP contribution in [0.1, 0.15) is 25.1 Å². The first kappa shape index (κ1) is 20.6. The Morgan fingerprint density at radius 3 is 2.31 bits per heavy atom. The lowest BCUT2D eigenvalue weighted by atomic mass is 10.1. The topological polar surface area (TPSA) is 48.6 Å². The minimum absolute atomic E-state index is 0.214. The minimum Gasteiger partial charge on any atom is -0.468 e. The van der Waals surface area contributed by atoms with Crippen LogP contribution in [0.5, 0.6) is 5.88 Å². The molecule has 1 aliphatic heterocycles. The largest absolute Gasteiger partial charge is 0.468 e. The minimum atomic E-state index is -4.92. The summed E-state index contributed by atoms with van der Waals surface area (Å²) in [5, 5.41) is 6.46. The van der Waals surface area contributed by atoms with Crippen LogP contribution in [-0.2, 0) is 23.8 Å². The van der Waals surface area contributed by atoms with Gasteiger partial charge in [0, 0.05) is 12.8 Å². The predicted octanol–water partition coefficient (Wildman–Crippen LogP) is 4.07. The average Bonchev–Trinajstić information content (AvgIpc) is 2.92. The maximum atomic E-state index is 14.1. The van der Waals surface area contributed by atoms with E-state index >= 15 is 0 Å². The Labute approximate surface area is 147 Å². The van der Waals surface area contributed by atoms with Crippen LogP contribution in [0.2, 0.25) is 0 Å². The Hall–Kier alpha value is -1.66. The highest BCUT2D eigenvalue weighted by Crippen LogP contribution is 2.39. The van der Waals surface area contributed by atoms with Crippen molar-refractivity contribution >= 4 is 16.8 Å². The lowest BCUT2D eigenvalue weighted by Gasteiger charge is -2.17. The molecule has 2 rings (SSSR count). The summed E-state index contributed by atoms with van der Waals surface area (Å²) in [5.41, 5.74) is -3.31. The number of hydrogen-bond donors (Lipinski definition) is 0. The van der Waals surface area contributed by atoms with Gasteiger partial charge >= 0.3 is 12.4 Å². The van der Waals surface area contributed by atoms with Gasteiger partial charge in [-0.3, -0.25) is 0 Å². The molecule has 0 unspecified atom stereocenters. The predicted molar refractivity (Wildman–Crippen MR) is 78.6 cm³/mol. The van der Waals surface area contributed by atoms with Crippen molar-refractivity contribution in [2.45, 2.75) is 43.7 Å². The summed E-state index contributed by atoms with van der Waals surface area (Å²) < 4.78 is 95.6. The van der Waals surface area contributed by atoms with E-state index in [2.05, 4.69) is 15.0 Å². The lowest BCUT2D eigenvalue weighted by Crippen LogP contribution is -2.33. The monoisotopic (exact) mass is 409 g/mol. The van der Waals surface area contributed by atoms with Gasteiger partial charge in [0.25, 0.3) is 0 Å². The highest BCUT2D eigenvalue weighted by atomic mass is 32.2. The summed E-state index contributed by atoms with van der Waals surface area (Å²) in [6.07, 6.45) is -11.3. The van der Waals surface area contributed by atoms with Crippen molar-refractivity contribution < 1.29 is 40.3 Å². The second-order valence-corrected chi connectivity index (χ2v) is 6.93. The van der Waals surface area contributed by atoms with Crippen LogP contribution in [0.3, 0.4) is 0 Å². The molecule has 0 saturated carbocycles. The molecule has 0 bridgehead atoms. The molecule has 0 aliphatic carbocycles. The van der Waals surface area contributed by atoms with E-state index in [-0.39, 0.29) is 5.04 Å². The number of aromatic nitrogens is 2. The quantitative estimate of drug-likeness (QED) is 0.704. The number of nitrogens with zero attached hydrogens (tertiary/aromatic N) is 3. The molecule has 0 N–H and O–H groups in total. The molecule has 1 aliphatic rings. The van der Waals surface area contributed by atoms with E-state index in [0.29, 0.717) is 16.4 Å². The van der Waals surface area contributed by atoms with E-state index in [0.717, 1.165) is 7.05 Å². The Bertz CT molecular complexity index is 697. The maximum absolute atomic E-state index is 14.1. The van der Waals surface area contributed by atoms with Gasteiger partial charge in [0.15, 0.2) is 29.1 Å². The molecule has 0 radical (unpaired) electrons. The number of rotatable bonds is 4. The molecule has 2 heterocycles. The van der Waals surface area contributed by atoms with Crippen LogP contribution in [-0.4, -0.2) is 39.4 Å². The van der Waals surface area contributed by atoms with Crippen LogP contribution in [0.15, 0.2) is 5.16 Å². The fourth-order valence-corrected chi connectivity index (χ4v) is 3.11. The molecule has 0 fully saturated rings. The Kier molecular flexibility index (Phi) is 5.41. The van der Waals surface area contributed by atoms with Gasteiger partial charge in [-0.1, -0.05) is 16.9 Å². The number of halogens is 7. The van der Waals surface area contributed by atoms with Crippen molar-refractivity contribution in [3.05, 3.63) is 11.3 Å². The average molecular weight is 409 g/mol. The molecule has 0 amide bonds.